The van der Waals surface area contributed by atoms with Gasteiger partial charge in [-0.05, 0) is 41.5 Å². The number of thioether (sulfide) groups is 1. The van der Waals surface area contributed by atoms with Crippen LogP contribution in [0.3, 0.4) is 0 Å². The predicted molar refractivity (Wildman–Crippen MR) is 136 cm³/mol. The molecule has 1 heterocycles. The summed E-state index contributed by atoms with van der Waals surface area (Å²) < 4.78 is 16.0. The largest absolute Gasteiger partial charge is 0.497 e. The fourth-order valence-electron chi connectivity index (χ4n) is 3.67. The van der Waals surface area contributed by atoms with Crippen LogP contribution in [0.1, 0.15) is 22.1 Å². The third-order valence-electron chi connectivity index (χ3n) is 5.48. The van der Waals surface area contributed by atoms with Crippen molar-refractivity contribution in [3.05, 3.63) is 94.4 Å². The molecule has 1 saturated heterocycles. The molecule has 1 N–H and O–H groups in total. The van der Waals surface area contributed by atoms with Crippen molar-refractivity contribution in [3.8, 4) is 17.2 Å². The quantitative estimate of drug-likeness (QED) is 0.465. The Bertz CT molecular complexity index is 1230. The van der Waals surface area contributed by atoms with Gasteiger partial charge in [0.15, 0.2) is 0 Å². The summed E-state index contributed by atoms with van der Waals surface area (Å²) in [5.74, 6) is 1.38. The van der Waals surface area contributed by atoms with Crippen molar-refractivity contribution in [2.45, 2.75) is 11.8 Å². The van der Waals surface area contributed by atoms with Gasteiger partial charge in [-0.3, -0.25) is 15.0 Å². The standard InChI is InChI=1S/C27H26N2O5S/c1-32-21-12-9-19(10-13-21)27-29(28-25(30)15-18-7-5-4-6-8-18)26(31)24(35-27)16-20-11-14-22(33-2)17-23(20)34-3/h4-14,16-17,27H,15H2,1-3H3,(H,28,30)/b24-16+. The van der Waals surface area contributed by atoms with E-state index in [4.69, 9.17) is 14.2 Å². The predicted octanol–water partition coefficient (Wildman–Crippen LogP) is 4.60. The van der Waals surface area contributed by atoms with Crippen LogP contribution in [0.25, 0.3) is 6.08 Å². The molecule has 4 rings (SSSR count). The van der Waals surface area contributed by atoms with Gasteiger partial charge in [0, 0.05) is 11.6 Å². The Hall–Kier alpha value is -3.91. The van der Waals surface area contributed by atoms with Crippen LogP contribution < -0.4 is 19.6 Å². The van der Waals surface area contributed by atoms with Crippen LogP contribution in [0.15, 0.2) is 77.7 Å². The van der Waals surface area contributed by atoms with Crippen molar-refractivity contribution in [1.82, 2.24) is 10.4 Å². The molecule has 1 fully saturated rings. The van der Waals surface area contributed by atoms with E-state index in [0.29, 0.717) is 22.2 Å². The number of hydrogen-bond acceptors (Lipinski definition) is 6. The number of methoxy groups -OCH3 is 3. The van der Waals surface area contributed by atoms with E-state index in [1.165, 1.54) is 16.8 Å². The Morgan fingerprint density at radius 3 is 2.29 bits per heavy atom. The average Bonchev–Trinajstić information content (AvgIpc) is 3.19. The molecule has 7 nitrogen and oxygen atoms in total. The number of hydrogen-bond donors (Lipinski definition) is 1. The highest BCUT2D eigenvalue weighted by Crippen LogP contribution is 2.46. The summed E-state index contributed by atoms with van der Waals surface area (Å²) in [6.07, 6.45) is 1.93. The van der Waals surface area contributed by atoms with Crippen LogP contribution in [0.5, 0.6) is 17.2 Å². The van der Waals surface area contributed by atoms with Crippen molar-refractivity contribution < 1.29 is 23.8 Å². The van der Waals surface area contributed by atoms with Crippen molar-refractivity contribution in [3.63, 3.8) is 0 Å². The third kappa shape index (κ3) is 5.60. The van der Waals surface area contributed by atoms with E-state index in [2.05, 4.69) is 5.43 Å². The summed E-state index contributed by atoms with van der Waals surface area (Å²) in [6.45, 7) is 0. The molecule has 0 aliphatic carbocycles. The Morgan fingerprint density at radius 1 is 0.943 bits per heavy atom. The normalized spacial score (nSPS) is 16.3. The molecule has 0 radical (unpaired) electrons. The van der Waals surface area contributed by atoms with Gasteiger partial charge in [-0.1, -0.05) is 54.2 Å². The zero-order chi connectivity index (χ0) is 24.8. The number of hydrazine groups is 1. The van der Waals surface area contributed by atoms with Gasteiger partial charge < -0.3 is 14.2 Å². The topological polar surface area (TPSA) is 77.1 Å². The second-order valence-corrected chi connectivity index (χ2v) is 8.85. The van der Waals surface area contributed by atoms with Gasteiger partial charge in [0.25, 0.3) is 5.91 Å². The first-order valence-corrected chi connectivity index (χ1v) is 11.8. The number of carbonyl (C=O) groups is 2. The molecule has 3 aromatic rings. The summed E-state index contributed by atoms with van der Waals surface area (Å²) in [5.41, 5.74) is 5.27. The Balaban J connectivity index is 1.64. The van der Waals surface area contributed by atoms with Gasteiger partial charge in [-0.2, -0.15) is 0 Å². The lowest BCUT2D eigenvalue weighted by Gasteiger charge is -2.24. The smallest absolute Gasteiger partial charge is 0.280 e. The number of nitrogens with zero attached hydrogens (tertiary/aromatic N) is 1. The molecule has 2 amide bonds. The van der Waals surface area contributed by atoms with E-state index in [-0.39, 0.29) is 18.2 Å². The van der Waals surface area contributed by atoms with Gasteiger partial charge in [-0.25, -0.2) is 5.01 Å². The van der Waals surface area contributed by atoms with E-state index in [1.807, 2.05) is 60.7 Å². The van der Waals surface area contributed by atoms with E-state index < -0.39 is 5.37 Å². The molecule has 8 heteroatoms. The molecular weight excluding hydrogens is 464 g/mol. The van der Waals surface area contributed by atoms with Gasteiger partial charge in [0.1, 0.15) is 22.6 Å². The molecule has 0 saturated carbocycles. The first-order valence-electron chi connectivity index (χ1n) is 10.9. The molecule has 0 bridgehead atoms. The van der Waals surface area contributed by atoms with Crippen LogP contribution >= 0.6 is 11.8 Å². The Morgan fingerprint density at radius 2 is 1.63 bits per heavy atom. The van der Waals surface area contributed by atoms with Gasteiger partial charge in [0.05, 0.1) is 32.7 Å². The van der Waals surface area contributed by atoms with Crippen molar-refractivity contribution in [1.29, 1.82) is 0 Å². The number of amides is 2. The molecule has 1 unspecified atom stereocenters. The SMILES string of the molecule is COc1ccc(C2S/C(=C/c3ccc(OC)cc3OC)C(=O)N2NC(=O)Cc2ccccc2)cc1. The molecule has 3 aromatic carbocycles. The van der Waals surface area contributed by atoms with E-state index >= 15 is 0 Å². The third-order valence-corrected chi connectivity index (χ3v) is 6.74. The van der Waals surface area contributed by atoms with Crippen LogP contribution in [-0.4, -0.2) is 38.2 Å². The minimum Gasteiger partial charge on any atom is -0.497 e. The van der Waals surface area contributed by atoms with E-state index in [0.717, 1.165) is 16.7 Å². The second kappa shape index (κ2) is 11.0. The van der Waals surface area contributed by atoms with Crippen molar-refractivity contribution >= 4 is 29.7 Å². The average molecular weight is 491 g/mol. The fourth-order valence-corrected chi connectivity index (χ4v) is 4.86. The molecule has 35 heavy (non-hydrogen) atoms. The Labute approximate surface area is 208 Å². The van der Waals surface area contributed by atoms with Crippen LogP contribution in [0.4, 0.5) is 0 Å². The number of ether oxygens (including phenoxy) is 3. The molecule has 1 atom stereocenters. The van der Waals surface area contributed by atoms with Gasteiger partial charge >= 0.3 is 0 Å². The van der Waals surface area contributed by atoms with E-state index in [9.17, 15) is 9.59 Å². The number of rotatable bonds is 8. The monoisotopic (exact) mass is 490 g/mol. The maximum Gasteiger partial charge on any atom is 0.280 e. The summed E-state index contributed by atoms with van der Waals surface area (Å²) >= 11 is 1.36. The first-order chi connectivity index (χ1) is 17.0. The molecule has 180 valence electrons. The summed E-state index contributed by atoms with van der Waals surface area (Å²) in [5, 5.41) is 0.947. The molecular formula is C27H26N2O5S. The number of nitrogens with one attached hydrogen (secondary N) is 1. The lowest BCUT2D eigenvalue weighted by Crippen LogP contribution is -2.44. The zero-order valence-electron chi connectivity index (χ0n) is 19.7. The van der Waals surface area contributed by atoms with Crippen LogP contribution in [0, 0.1) is 0 Å². The molecule has 1 aliphatic heterocycles. The highest BCUT2D eigenvalue weighted by Gasteiger charge is 2.38. The summed E-state index contributed by atoms with van der Waals surface area (Å²) in [7, 11) is 4.75. The lowest BCUT2D eigenvalue weighted by molar-refractivity contribution is -0.137. The zero-order valence-corrected chi connectivity index (χ0v) is 20.5. The van der Waals surface area contributed by atoms with Gasteiger partial charge in [-0.15, -0.1) is 0 Å². The number of carbonyl (C=O) groups excluding carboxylic acids is 2. The van der Waals surface area contributed by atoms with E-state index in [1.54, 1.807) is 39.5 Å². The minimum atomic E-state index is -0.441. The highest BCUT2D eigenvalue weighted by atomic mass is 32.2. The van der Waals surface area contributed by atoms with Crippen molar-refractivity contribution in [2.24, 2.45) is 0 Å². The highest BCUT2D eigenvalue weighted by molar-refractivity contribution is 8.04. The van der Waals surface area contributed by atoms with Crippen molar-refractivity contribution in [2.75, 3.05) is 21.3 Å². The maximum atomic E-state index is 13.5. The van der Waals surface area contributed by atoms with Crippen LogP contribution in [-0.2, 0) is 16.0 Å². The molecule has 0 aromatic heterocycles. The Kier molecular flexibility index (Phi) is 7.62. The maximum absolute atomic E-state index is 13.5. The molecule has 1 aliphatic rings. The second-order valence-electron chi connectivity index (χ2n) is 7.73. The molecule has 0 spiro atoms. The summed E-state index contributed by atoms with van der Waals surface area (Å²) in [6, 6.07) is 22.2. The lowest BCUT2D eigenvalue weighted by atomic mass is 10.1. The fraction of sp³-hybridized carbons (Fsp3) is 0.185. The first kappa shape index (κ1) is 24.2. The van der Waals surface area contributed by atoms with Crippen LogP contribution in [0.2, 0.25) is 0 Å². The van der Waals surface area contributed by atoms with Gasteiger partial charge in [0.2, 0.25) is 5.91 Å². The number of benzene rings is 3. The minimum absolute atomic E-state index is 0.163. The summed E-state index contributed by atoms with van der Waals surface area (Å²) in [4.78, 5) is 26.8.